The summed E-state index contributed by atoms with van der Waals surface area (Å²) in [7, 11) is 3.03. The Morgan fingerprint density at radius 2 is 1.80 bits per heavy atom. The molecule has 0 aliphatic carbocycles. The zero-order chi connectivity index (χ0) is 32.6. The van der Waals surface area contributed by atoms with Crippen molar-refractivity contribution in [3.63, 3.8) is 0 Å². The number of nitrogens with zero attached hydrogens (tertiary/aromatic N) is 2. The first-order valence-corrected chi connectivity index (χ1v) is 15.7. The Balaban J connectivity index is 1.41. The van der Waals surface area contributed by atoms with E-state index in [0.29, 0.717) is 93.4 Å². The molecule has 0 spiro atoms. The van der Waals surface area contributed by atoms with Gasteiger partial charge in [-0.15, -0.1) is 0 Å². The quantitative estimate of drug-likeness (QED) is 0.128. The number of alkyl halides is 1. The van der Waals surface area contributed by atoms with Gasteiger partial charge in [-0.25, -0.2) is 9.37 Å². The molecule has 1 unspecified atom stereocenters. The van der Waals surface area contributed by atoms with Crippen LogP contribution >= 0.6 is 23.2 Å². The predicted octanol–water partition coefficient (Wildman–Crippen LogP) is 6.76. The second-order valence-corrected chi connectivity index (χ2v) is 11.6. The number of benzene rings is 2. The van der Waals surface area contributed by atoms with E-state index in [-0.39, 0.29) is 18.5 Å². The van der Waals surface area contributed by atoms with Crippen LogP contribution in [0.5, 0.6) is 11.6 Å². The number of rotatable bonds is 14. The maximum atomic E-state index is 15.3. The van der Waals surface area contributed by atoms with Gasteiger partial charge in [-0.3, -0.25) is 14.2 Å². The van der Waals surface area contributed by atoms with E-state index in [1.165, 1.54) is 13.2 Å². The maximum Gasteiger partial charge on any atom is 0.220 e. The van der Waals surface area contributed by atoms with E-state index in [2.05, 4.69) is 20.9 Å². The standard InChI is InChI=1S/C34H35Cl2F2N5O3/c1-45-29-16-21(15-27(38)26(29)19-39-13-4-12-37)33-32(36)24(11-14-41-33)23-5-3-6-25(31(23)35)28-9-7-20(34(43-28)46-2)17-40-18-22-8-10-30(44)42-22/h3,5-7,9,11,14-16,22,39-40H,4,8,10,12-13,17-19H2,1-2H3,(H,42,44). The van der Waals surface area contributed by atoms with Crippen molar-refractivity contribution in [2.75, 3.05) is 34.0 Å². The van der Waals surface area contributed by atoms with Crippen molar-refractivity contribution in [1.29, 1.82) is 0 Å². The van der Waals surface area contributed by atoms with E-state index in [9.17, 15) is 9.18 Å². The fourth-order valence-corrected chi connectivity index (χ4v) is 6.09. The van der Waals surface area contributed by atoms with Crippen LogP contribution < -0.4 is 25.4 Å². The number of halogens is 4. The number of carbonyl (C=O) groups is 1. The molecular weight excluding hydrogens is 635 g/mol. The topological polar surface area (TPSA) is 97.4 Å². The first kappa shape index (κ1) is 33.5. The zero-order valence-corrected chi connectivity index (χ0v) is 27.1. The lowest BCUT2D eigenvalue weighted by molar-refractivity contribution is -0.119. The molecule has 1 atom stereocenters. The van der Waals surface area contributed by atoms with Crippen molar-refractivity contribution in [3.8, 4) is 45.3 Å². The van der Waals surface area contributed by atoms with Gasteiger partial charge in [-0.2, -0.15) is 0 Å². The molecule has 1 amide bonds. The number of pyridine rings is 2. The normalized spacial score (nSPS) is 14.4. The van der Waals surface area contributed by atoms with E-state index >= 15 is 4.39 Å². The SMILES string of the molecule is COc1cc(-c2nccc(-c3cccc(-c4ccc(CNCC5CCC(=O)N5)c(OC)n4)c3Cl)c2Cl)cc(F)c1CNCCCF. The fraction of sp³-hybridized carbons (Fsp3) is 0.324. The molecule has 2 aromatic carbocycles. The fourth-order valence-electron chi connectivity index (χ4n) is 5.44. The Kier molecular flexibility index (Phi) is 11.4. The molecule has 12 heteroatoms. The number of aromatic nitrogens is 2. The van der Waals surface area contributed by atoms with Crippen molar-refractivity contribution in [3.05, 3.63) is 81.7 Å². The van der Waals surface area contributed by atoms with E-state index in [0.717, 1.165) is 12.0 Å². The molecular formula is C34H35Cl2F2N5O3. The lowest BCUT2D eigenvalue weighted by Crippen LogP contribution is -2.35. The van der Waals surface area contributed by atoms with Gasteiger partial charge in [0.2, 0.25) is 11.8 Å². The molecule has 0 saturated carbocycles. The first-order chi connectivity index (χ1) is 22.3. The third kappa shape index (κ3) is 7.58. The number of amides is 1. The third-order valence-electron chi connectivity index (χ3n) is 7.81. The Morgan fingerprint density at radius 3 is 2.54 bits per heavy atom. The predicted molar refractivity (Wildman–Crippen MR) is 177 cm³/mol. The molecule has 8 nitrogen and oxygen atoms in total. The summed E-state index contributed by atoms with van der Waals surface area (Å²) in [4.78, 5) is 20.7. The van der Waals surface area contributed by atoms with Crippen molar-refractivity contribution < 1.29 is 23.0 Å². The van der Waals surface area contributed by atoms with Gasteiger partial charge in [-0.05, 0) is 43.7 Å². The molecule has 1 saturated heterocycles. The summed E-state index contributed by atoms with van der Waals surface area (Å²) in [5, 5.41) is 10.1. The Labute approximate surface area is 276 Å². The molecule has 46 heavy (non-hydrogen) atoms. The van der Waals surface area contributed by atoms with E-state index in [1.54, 1.807) is 25.4 Å². The van der Waals surface area contributed by atoms with Crippen LogP contribution in [-0.4, -0.2) is 55.9 Å². The summed E-state index contributed by atoms with van der Waals surface area (Å²) in [6, 6.07) is 14.3. The first-order valence-electron chi connectivity index (χ1n) is 15.0. The molecule has 1 aliphatic heterocycles. The van der Waals surface area contributed by atoms with Gasteiger partial charge in [0.15, 0.2) is 0 Å². The smallest absolute Gasteiger partial charge is 0.220 e. The molecule has 4 aromatic rings. The van der Waals surface area contributed by atoms with Crippen LogP contribution in [0.2, 0.25) is 10.0 Å². The van der Waals surface area contributed by atoms with Crippen LogP contribution in [0.1, 0.15) is 30.4 Å². The van der Waals surface area contributed by atoms with Gasteiger partial charge < -0.3 is 25.4 Å². The van der Waals surface area contributed by atoms with Crippen LogP contribution in [0.25, 0.3) is 33.6 Å². The number of ether oxygens (including phenoxy) is 2. The number of nitrogens with one attached hydrogen (secondary N) is 3. The number of hydrogen-bond donors (Lipinski definition) is 3. The minimum Gasteiger partial charge on any atom is -0.496 e. The summed E-state index contributed by atoms with van der Waals surface area (Å²) < 4.78 is 38.8. The summed E-state index contributed by atoms with van der Waals surface area (Å²) in [6.45, 7) is 1.34. The summed E-state index contributed by atoms with van der Waals surface area (Å²) in [5.41, 5.74) is 4.56. The second-order valence-electron chi connectivity index (χ2n) is 10.8. The third-order valence-corrected chi connectivity index (χ3v) is 8.60. The summed E-state index contributed by atoms with van der Waals surface area (Å²) >= 11 is 13.9. The largest absolute Gasteiger partial charge is 0.496 e. The van der Waals surface area contributed by atoms with Gasteiger partial charge >= 0.3 is 0 Å². The monoisotopic (exact) mass is 669 g/mol. The van der Waals surface area contributed by atoms with Crippen LogP contribution in [-0.2, 0) is 17.9 Å². The van der Waals surface area contributed by atoms with E-state index in [4.69, 9.17) is 37.7 Å². The lowest BCUT2D eigenvalue weighted by atomic mass is 9.99. The van der Waals surface area contributed by atoms with Gasteiger partial charge in [0.05, 0.1) is 42.3 Å². The average Bonchev–Trinajstić information content (AvgIpc) is 3.48. The summed E-state index contributed by atoms with van der Waals surface area (Å²) in [5.74, 6) is 0.380. The van der Waals surface area contributed by atoms with E-state index in [1.807, 2.05) is 30.3 Å². The molecule has 5 rings (SSSR count). The number of methoxy groups -OCH3 is 2. The zero-order valence-electron chi connectivity index (χ0n) is 25.6. The molecule has 1 fully saturated rings. The van der Waals surface area contributed by atoms with Crippen LogP contribution in [0.4, 0.5) is 8.78 Å². The molecule has 1 aliphatic rings. The Hall–Kier alpha value is -3.83. The van der Waals surface area contributed by atoms with E-state index < -0.39 is 12.5 Å². The minimum absolute atomic E-state index is 0.0817. The van der Waals surface area contributed by atoms with Gasteiger partial charge in [0.25, 0.3) is 0 Å². The minimum atomic E-state index is -0.491. The van der Waals surface area contributed by atoms with Crippen molar-refractivity contribution in [2.45, 2.75) is 38.4 Å². The molecule has 0 bridgehead atoms. The molecule has 242 valence electrons. The highest BCUT2D eigenvalue weighted by Crippen LogP contribution is 2.42. The lowest BCUT2D eigenvalue weighted by Gasteiger charge is -2.16. The van der Waals surface area contributed by atoms with Crippen LogP contribution in [0.15, 0.2) is 54.7 Å². The molecule has 0 radical (unpaired) electrons. The van der Waals surface area contributed by atoms with Gasteiger partial charge in [0, 0.05) is 71.7 Å². The highest BCUT2D eigenvalue weighted by Gasteiger charge is 2.22. The van der Waals surface area contributed by atoms with Gasteiger partial charge in [-0.1, -0.05) is 47.5 Å². The second kappa shape index (κ2) is 15.6. The van der Waals surface area contributed by atoms with Crippen LogP contribution in [0, 0.1) is 5.82 Å². The molecule has 3 heterocycles. The average molecular weight is 671 g/mol. The van der Waals surface area contributed by atoms with Crippen molar-refractivity contribution in [1.82, 2.24) is 25.9 Å². The number of hydrogen-bond acceptors (Lipinski definition) is 7. The highest BCUT2D eigenvalue weighted by atomic mass is 35.5. The van der Waals surface area contributed by atoms with Gasteiger partial charge in [0.1, 0.15) is 11.6 Å². The highest BCUT2D eigenvalue weighted by molar-refractivity contribution is 6.39. The van der Waals surface area contributed by atoms with Crippen LogP contribution in [0.3, 0.4) is 0 Å². The Morgan fingerprint density at radius 1 is 1.00 bits per heavy atom. The van der Waals surface area contributed by atoms with Crippen molar-refractivity contribution >= 4 is 29.1 Å². The van der Waals surface area contributed by atoms with Crippen molar-refractivity contribution in [2.24, 2.45) is 0 Å². The maximum absolute atomic E-state index is 15.3. The Bertz CT molecular complexity index is 1710. The molecule has 2 aromatic heterocycles. The molecule has 3 N–H and O–H groups in total. The summed E-state index contributed by atoms with van der Waals surface area (Å²) in [6.07, 6.45) is 3.31. The number of carbonyl (C=O) groups excluding carboxylic acids is 1.